The van der Waals surface area contributed by atoms with E-state index in [1.807, 2.05) is 32.0 Å². The fourth-order valence-corrected chi connectivity index (χ4v) is 4.66. The van der Waals surface area contributed by atoms with Crippen LogP contribution in [0.4, 0.5) is 5.69 Å². The number of methoxy groups -OCH3 is 1. The molecule has 8 heteroatoms. The SMILES string of the molecule is CCc1nc2c(C(=O)OC)cc(N3CCOCC3)cc2n1-c1c(C)cnc2c(C#N)cccc12. The molecule has 34 heavy (non-hydrogen) atoms. The lowest BCUT2D eigenvalue weighted by atomic mass is 10.1. The minimum absolute atomic E-state index is 0.421. The number of esters is 1. The van der Waals surface area contributed by atoms with E-state index in [1.54, 1.807) is 12.3 Å². The third kappa shape index (κ3) is 3.45. The lowest BCUT2D eigenvalue weighted by molar-refractivity contribution is 0.0603. The minimum atomic E-state index is -0.421. The lowest BCUT2D eigenvalue weighted by Gasteiger charge is -2.29. The zero-order valence-corrected chi connectivity index (χ0v) is 19.5. The molecule has 1 fully saturated rings. The number of morpholine rings is 1. The van der Waals surface area contributed by atoms with Gasteiger partial charge in [-0.1, -0.05) is 19.1 Å². The van der Waals surface area contributed by atoms with Crippen molar-refractivity contribution < 1.29 is 14.3 Å². The molecule has 5 rings (SSSR count). The highest BCUT2D eigenvalue weighted by Crippen LogP contribution is 2.34. The van der Waals surface area contributed by atoms with Crippen LogP contribution in [0.1, 0.15) is 34.2 Å². The van der Waals surface area contributed by atoms with Gasteiger partial charge in [0.25, 0.3) is 0 Å². The molecule has 0 spiro atoms. The van der Waals surface area contributed by atoms with Gasteiger partial charge in [-0.15, -0.1) is 0 Å². The number of imidazole rings is 1. The number of carbonyl (C=O) groups excluding carboxylic acids is 1. The second kappa shape index (κ2) is 8.76. The summed E-state index contributed by atoms with van der Waals surface area (Å²) in [5.41, 5.74) is 5.81. The fraction of sp³-hybridized carbons (Fsp3) is 0.308. The van der Waals surface area contributed by atoms with Crippen LogP contribution in [0.3, 0.4) is 0 Å². The Morgan fingerprint density at radius 2 is 2.03 bits per heavy atom. The monoisotopic (exact) mass is 455 g/mol. The molecule has 2 aromatic heterocycles. The molecule has 0 atom stereocenters. The molecule has 8 nitrogen and oxygen atoms in total. The van der Waals surface area contributed by atoms with Gasteiger partial charge in [0.05, 0.1) is 48.2 Å². The Kier molecular flexibility index (Phi) is 5.64. The fourth-order valence-electron chi connectivity index (χ4n) is 4.66. The van der Waals surface area contributed by atoms with E-state index in [2.05, 4.69) is 26.6 Å². The number of hydrogen-bond acceptors (Lipinski definition) is 7. The average molecular weight is 456 g/mol. The third-order valence-corrected chi connectivity index (χ3v) is 6.31. The molecule has 1 saturated heterocycles. The van der Waals surface area contributed by atoms with Crippen molar-refractivity contribution in [3.8, 4) is 11.8 Å². The van der Waals surface area contributed by atoms with Crippen LogP contribution in [-0.2, 0) is 15.9 Å². The van der Waals surface area contributed by atoms with Gasteiger partial charge < -0.3 is 14.4 Å². The summed E-state index contributed by atoms with van der Waals surface area (Å²) in [6.45, 7) is 6.79. The highest BCUT2D eigenvalue weighted by Gasteiger charge is 2.24. The summed E-state index contributed by atoms with van der Waals surface area (Å²) in [4.78, 5) is 24.5. The molecule has 0 N–H and O–H groups in total. The van der Waals surface area contributed by atoms with Crippen LogP contribution in [0.5, 0.6) is 0 Å². The number of nitriles is 1. The van der Waals surface area contributed by atoms with Gasteiger partial charge in [-0.05, 0) is 30.7 Å². The zero-order chi connectivity index (χ0) is 23.8. The number of hydrogen-bond donors (Lipinski definition) is 0. The third-order valence-electron chi connectivity index (χ3n) is 6.31. The summed E-state index contributed by atoms with van der Waals surface area (Å²) in [6, 6.07) is 11.8. The highest BCUT2D eigenvalue weighted by atomic mass is 16.5. The summed E-state index contributed by atoms with van der Waals surface area (Å²) >= 11 is 0. The number of nitrogens with zero attached hydrogens (tertiary/aromatic N) is 5. The normalized spacial score (nSPS) is 13.9. The van der Waals surface area contributed by atoms with Crippen molar-refractivity contribution in [3.05, 3.63) is 59.0 Å². The molecular weight excluding hydrogens is 430 g/mol. The number of para-hydroxylation sites is 1. The number of pyridine rings is 1. The van der Waals surface area contributed by atoms with Gasteiger partial charge in [-0.3, -0.25) is 9.55 Å². The molecule has 0 aliphatic carbocycles. The van der Waals surface area contributed by atoms with Crippen molar-refractivity contribution in [1.82, 2.24) is 14.5 Å². The summed E-state index contributed by atoms with van der Waals surface area (Å²) in [5, 5.41) is 10.5. The summed E-state index contributed by atoms with van der Waals surface area (Å²) in [6.07, 6.45) is 2.44. The van der Waals surface area contributed by atoms with Crippen molar-refractivity contribution in [2.75, 3.05) is 38.3 Å². The molecule has 0 amide bonds. The maximum atomic E-state index is 12.8. The van der Waals surface area contributed by atoms with Gasteiger partial charge in [0, 0.05) is 36.8 Å². The maximum absolute atomic E-state index is 12.8. The first-order chi connectivity index (χ1) is 16.6. The predicted octanol–water partition coefficient (Wildman–Crippen LogP) is 3.94. The number of rotatable bonds is 4. The molecule has 172 valence electrons. The average Bonchev–Trinajstić information content (AvgIpc) is 3.25. The first kappa shape index (κ1) is 21.9. The molecule has 2 aromatic carbocycles. The van der Waals surface area contributed by atoms with E-state index in [1.165, 1.54) is 7.11 Å². The summed E-state index contributed by atoms with van der Waals surface area (Å²) in [5.74, 6) is 0.396. The van der Waals surface area contributed by atoms with Gasteiger partial charge in [0.1, 0.15) is 17.4 Å². The highest BCUT2D eigenvalue weighted by molar-refractivity contribution is 6.05. The Morgan fingerprint density at radius 1 is 1.24 bits per heavy atom. The van der Waals surface area contributed by atoms with E-state index >= 15 is 0 Å². The molecule has 0 saturated carbocycles. The van der Waals surface area contributed by atoms with E-state index in [9.17, 15) is 10.1 Å². The smallest absolute Gasteiger partial charge is 0.340 e. The molecule has 0 unspecified atom stereocenters. The molecule has 4 aromatic rings. The van der Waals surface area contributed by atoms with Crippen LogP contribution in [0, 0.1) is 18.3 Å². The van der Waals surface area contributed by atoms with Gasteiger partial charge in [-0.2, -0.15) is 5.26 Å². The van der Waals surface area contributed by atoms with Crippen molar-refractivity contribution in [2.45, 2.75) is 20.3 Å². The van der Waals surface area contributed by atoms with E-state index in [-0.39, 0.29) is 0 Å². The number of aryl methyl sites for hydroxylation is 2. The van der Waals surface area contributed by atoms with Crippen molar-refractivity contribution in [3.63, 3.8) is 0 Å². The zero-order valence-electron chi connectivity index (χ0n) is 19.5. The van der Waals surface area contributed by atoms with Gasteiger partial charge in [-0.25, -0.2) is 9.78 Å². The van der Waals surface area contributed by atoms with Gasteiger partial charge in [0.2, 0.25) is 0 Å². The summed E-state index contributed by atoms with van der Waals surface area (Å²) in [7, 11) is 1.39. The Labute approximate surface area is 197 Å². The second-order valence-electron chi connectivity index (χ2n) is 8.27. The van der Waals surface area contributed by atoms with Crippen LogP contribution < -0.4 is 4.90 Å². The van der Waals surface area contributed by atoms with Crippen LogP contribution in [0.2, 0.25) is 0 Å². The number of aromatic nitrogens is 3. The Balaban J connectivity index is 1.87. The Bertz CT molecular complexity index is 1460. The molecule has 1 aliphatic heterocycles. The Hall–Kier alpha value is -3.96. The minimum Gasteiger partial charge on any atom is -0.465 e. The first-order valence-corrected chi connectivity index (χ1v) is 11.3. The maximum Gasteiger partial charge on any atom is 0.340 e. The standard InChI is InChI=1S/C26H25N5O3/c1-4-22-29-24-20(26(32)33-3)12-18(30-8-10-34-11-9-30)13-21(24)31(22)25-16(2)15-28-23-17(14-27)6-5-7-19(23)25/h5-7,12-13,15H,4,8-11H2,1-3H3. The Morgan fingerprint density at radius 3 is 2.74 bits per heavy atom. The van der Waals surface area contributed by atoms with E-state index < -0.39 is 5.97 Å². The number of ether oxygens (including phenoxy) is 2. The summed E-state index contributed by atoms with van der Waals surface area (Å²) < 4.78 is 12.7. The topological polar surface area (TPSA) is 93.3 Å². The van der Waals surface area contributed by atoms with Gasteiger partial charge >= 0.3 is 5.97 Å². The van der Waals surface area contributed by atoms with Crippen LogP contribution in [0.25, 0.3) is 27.6 Å². The van der Waals surface area contributed by atoms with Crippen molar-refractivity contribution >= 4 is 33.6 Å². The second-order valence-corrected chi connectivity index (χ2v) is 8.27. The van der Waals surface area contributed by atoms with Crippen LogP contribution in [-0.4, -0.2) is 53.9 Å². The van der Waals surface area contributed by atoms with Crippen LogP contribution in [0.15, 0.2) is 36.5 Å². The molecular formula is C26H25N5O3. The number of fused-ring (bicyclic) bond motifs is 2. The molecule has 3 heterocycles. The van der Waals surface area contributed by atoms with Crippen molar-refractivity contribution in [2.24, 2.45) is 0 Å². The van der Waals surface area contributed by atoms with E-state index in [4.69, 9.17) is 14.5 Å². The lowest BCUT2D eigenvalue weighted by Crippen LogP contribution is -2.36. The number of anilines is 1. The first-order valence-electron chi connectivity index (χ1n) is 11.3. The van der Waals surface area contributed by atoms with Gasteiger partial charge in [0.15, 0.2) is 0 Å². The quantitative estimate of drug-likeness (QED) is 0.430. The largest absolute Gasteiger partial charge is 0.465 e. The van der Waals surface area contributed by atoms with E-state index in [0.29, 0.717) is 41.8 Å². The molecule has 0 radical (unpaired) electrons. The predicted molar refractivity (Wildman–Crippen MR) is 130 cm³/mol. The van der Waals surface area contributed by atoms with Crippen LogP contribution >= 0.6 is 0 Å². The van der Waals surface area contributed by atoms with Crippen molar-refractivity contribution in [1.29, 1.82) is 5.26 Å². The molecule has 0 bridgehead atoms. The number of benzene rings is 2. The van der Waals surface area contributed by atoms with E-state index in [0.717, 1.165) is 46.8 Å². The molecule has 1 aliphatic rings. The number of carbonyl (C=O) groups is 1.